The molecule has 2 aromatic heterocycles. The van der Waals surface area contributed by atoms with Gasteiger partial charge in [0.1, 0.15) is 5.02 Å². The first kappa shape index (κ1) is 15.5. The number of hydrogen-bond acceptors (Lipinski definition) is 6. The van der Waals surface area contributed by atoms with E-state index in [1.54, 1.807) is 5.51 Å². The minimum Gasteiger partial charge on any atom is -0.396 e. The van der Waals surface area contributed by atoms with E-state index in [2.05, 4.69) is 15.0 Å². The quantitative estimate of drug-likeness (QED) is 0.893. The van der Waals surface area contributed by atoms with E-state index in [4.69, 9.17) is 11.6 Å². The molecule has 6 nitrogen and oxygen atoms in total. The van der Waals surface area contributed by atoms with E-state index >= 15 is 0 Å². The molecule has 0 spiro atoms. The molecule has 0 amide bonds. The molecule has 1 fully saturated rings. The molecule has 0 aliphatic carbocycles. The number of nitrogens with one attached hydrogen (secondary N) is 1. The van der Waals surface area contributed by atoms with Crippen molar-refractivity contribution in [1.82, 2.24) is 15.0 Å². The first-order valence-electron chi connectivity index (χ1n) is 7.16. The monoisotopic (exact) mass is 340 g/mol. The Morgan fingerprint density at radius 2 is 2.23 bits per heavy atom. The third-order valence-corrected chi connectivity index (χ3v) is 5.25. The molecule has 0 aromatic carbocycles. The number of hydrogen-bond donors (Lipinski definition) is 2. The van der Waals surface area contributed by atoms with Crippen LogP contribution in [0.4, 0.5) is 5.82 Å². The molecule has 22 heavy (non-hydrogen) atoms. The second-order valence-corrected chi connectivity index (χ2v) is 6.66. The van der Waals surface area contributed by atoms with Crippen LogP contribution in [0.2, 0.25) is 5.02 Å². The molecule has 8 heteroatoms. The molecule has 3 heterocycles. The van der Waals surface area contributed by atoms with E-state index in [1.807, 2.05) is 11.8 Å². The van der Waals surface area contributed by atoms with Crippen LogP contribution in [0.5, 0.6) is 0 Å². The third kappa shape index (κ3) is 2.88. The Labute approximate surface area is 136 Å². The zero-order chi connectivity index (χ0) is 15.7. The highest BCUT2D eigenvalue weighted by Crippen LogP contribution is 2.29. The summed E-state index contributed by atoms with van der Waals surface area (Å²) in [7, 11) is 0. The van der Waals surface area contributed by atoms with E-state index in [-0.39, 0.29) is 17.2 Å². The highest BCUT2D eigenvalue weighted by atomic mass is 35.5. The molecule has 0 bridgehead atoms. The number of halogens is 1. The van der Waals surface area contributed by atoms with E-state index in [1.165, 1.54) is 11.3 Å². The number of anilines is 1. The lowest BCUT2D eigenvalue weighted by Crippen LogP contribution is -2.36. The van der Waals surface area contributed by atoms with Crippen molar-refractivity contribution in [1.29, 1.82) is 0 Å². The number of rotatable bonds is 3. The van der Waals surface area contributed by atoms with E-state index in [0.717, 1.165) is 36.5 Å². The first-order valence-corrected chi connectivity index (χ1v) is 8.42. The number of thiazole rings is 1. The second kappa shape index (κ2) is 6.36. The fraction of sp³-hybridized carbons (Fsp3) is 0.500. The van der Waals surface area contributed by atoms with E-state index < -0.39 is 0 Å². The summed E-state index contributed by atoms with van der Waals surface area (Å²) < 4.78 is 0. The SMILES string of the molecule is Cc1ncsc1-c1nc(N2CCC(CO)CC2)c(Cl)c(=O)[nH]1. The van der Waals surface area contributed by atoms with Gasteiger partial charge in [0.15, 0.2) is 11.6 Å². The van der Waals surface area contributed by atoms with Crippen molar-refractivity contribution in [2.45, 2.75) is 19.8 Å². The van der Waals surface area contributed by atoms with Crippen LogP contribution >= 0.6 is 22.9 Å². The Morgan fingerprint density at radius 3 is 2.82 bits per heavy atom. The average Bonchev–Trinajstić information content (AvgIpc) is 2.96. The maximum Gasteiger partial charge on any atom is 0.272 e. The lowest BCUT2D eigenvalue weighted by Gasteiger charge is -2.32. The maximum atomic E-state index is 12.1. The van der Waals surface area contributed by atoms with Crippen molar-refractivity contribution in [3.63, 3.8) is 0 Å². The number of piperidine rings is 1. The Bertz CT molecular complexity index is 722. The summed E-state index contributed by atoms with van der Waals surface area (Å²) in [6, 6.07) is 0. The molecular formula is C14H17ClN4O2S. The normalized spacial score (nSPS) is 16.2. The Kier molecular flexibility index (Phi) is 4.46. The molecular weight excluding hydrogens is 324 g/mol. The summed E-state index contributed by atoms with van der Waals surface area (Å²) in [6.45, 7) is 3.56. The summed E-state index contributed by atoms with van der Waals surface area (Å²) in [4.78, 5) is 26.5. The van der Waals surface area contributed by atoms with Gasteiger partial charge < -0.3 is 15.0 Å². The third-order valence-electron chi connectivity index (χ3n) is 3.98. The van der Waals surface area contributed by atoms with Crippen molar-refractivity contribution < 1.29 is 5.11 Å². The van der Waals surface area contributed by atoms with Crippen molar-refractivity contribution in [3.05, 3.63) is 26.6 Å². The van der Waals surface area contributed by atoms with Crippen LogP contribution < -0.4 is 10.5 Å². The van der Waals surface area contributed by atoms with Gasteiger partial charge in [-0.25, -0.2) is 9.97 Å². The van der Waals surface area contributed by atoms with Crippen LogP contribution in [-0.4, -0.2) is 39.8 Å². The van der Waals surface area contributed by atoms with E-state index in [0.29, 0.717) is 17.6 Å². The molecule has 118 valence electrons. The molecule has 0 radical (unpaired) electrons. The van der Waals surface area contributed by atoms with Crippen molar-refractivity contribution in [2.24, 2.45) is 5.92 Å². The number of aromatic nitrogens is 3. The van der Waals surface area contributed by atoms with Gasteiger partial charge in [-0.2, -0.15) is 0 Å². The standard InChI is InChI=1S/C14H17ClN4O2S/c1-8-11(22-7-16-8)12-17-13(10(15)14(21)18-12)19-4-2-9(6-20)3-5-19/h7,9,20H,2-6H2,1H3,(H,17,18,21). The zero-order valence-corrected chi connectivity index (χ0v) is 13.7. The molecule has 0 atom stereocenters. The minimum absolute atomic E-state index is 0.119. The highest BCUT2D eigenvalue weighted by Gasteiger charge is 2.23. The fourth-order valence-corrected chi connectivity index (χ4v) is 3.58. The summed E-state index contributed by atoms with van der Waals surface area (Å²) in [5, 5.41) is 9.34. The lowest BCUT2D eigenvalue weighted by molar-refractivity contribution is 0.203. The molecule has 1 aliphatic heterocycles. The van der Waals surface area contributed by atoms with Crippen LogP contribution in [0.1, 0.15) is 18.5 Å². The lowest BCUT2D eigenvalue weighted by atomic mass is 9.98. The van der Waals surface area contributed by atoms with Gasteiger partial charge in [-0.05, 0) is 25.7 Å². The van der Waals surface area contributed by atoms with Gasteiger partial charge in [0.2, 0.25) is 0 Å². The minimum atomic E-state index is -0.334. The van der Waals surface area contributed by atoms with Gasteiger partial charge in [-0.15, -0.1) is 11.3 Å². The van der Waals surface area contributed by atoms with Crippen molar-refractivity contribution in [3.8, 4) is 10.7 Å². The number of nitrogens with zero attached hydrogens (tertiary/aromatic N) is 3. The molecule has 0 unspecified atom stereocenters. The van der Waals surface area contributed by atoms with Gasteiger partial charge in [-0.1, -0.05) is 11.6 Å². The van der Waals surface area contributed by atoms with Crippen LogP contribution in [0.25, 0.3) is 10.7 Å². The average molecular weight is 341 g/mol. The smallest absolute Gasteiger partial charge is 0.272 e. The number of aryl methyl sites for hydroxylation is 1. The maximum absolute atomic E-state index is 12.1. The van der Waals surface area contributed by atoms with Crippen LogP contribution in [0.3, 0.4) is 0 Å². The second-order valence-electron chi connectivity index (χ2n) is 5.43. The highest BCUT2D eigenvalue weighted by molar-refractivity contribution is 7.13. The van der Waals surface area contributed by atoms with Gasteiger partial charge in [0, 0.05) is 19.7 Å². The van der Waals surface area contributed by atoms with E-state index in [9.17, 15) is 9.90 Å². The fourth-order valence-electron chi connectivity index (χ4n) is 2.62. The van der Waals surface area contributed by atoms with Crippen LogP contribution in [-0.2, 0) is 0 Å². The number of aliphatic hydroxyl groups is 1. The van der Waals surface area contributed by atoms with Gasteiger partial charge in [0.05, 0.1) is 16.1 Å². The molecule has 1 saturated heterocycles. The van der Waals surface area contributed by atoms with Crippen LogP contribution in [0, 0.1) is 12.8 Å². The summed E-state index contributed by atoms with van der Waals surface area (Å²) >= 11 is 7.60. The topological polar surface area (TPSA) is 82.1 Å². The van der Waals surface area contributed by atoms with Crippen molar-refractivity contribution in [2.75, 3.05) is 24.6 Å². The molecule has 2 N–H and O–H groups in total. The predicted molar refractivity (Wildman–Crippen MR) is 87.7 cm³/mol. The largest absolute Gasteiger partial charge is 0.396 e. The zero-order valence-electron chi connectivity index (χ0n) is 12.2. The number of H-pyrrole nitrogens is 1. The first-order chi connectivity index (χ1) is 10.6. The molecule has 0 saturated carbocycles. The predicted octanol–water partition coefficient (Wildman–Crippen LogP) is 2.06. The van der Waals surface area contributed by atoms with Gasteiger partial charge >= 0.3 is 0 Å². The summed E-state index contributed by atoms with van der Waals surface area (Å²) in [5.41, 5.74) is 2.23. The Hall–Kier alpha value is -1.44. The number of aromatic amines is 1. The summed E-state index contributed by atoms with van der Waals surface area (Å²) in [5.74, 6) is 1.35. The van der Waals surface area contributed by atoms with Crippen molar-refractivity contribution >= 4 is 28.8 Å². The van der Waals surface area contributed by atoms with Gasteiger partial charge in [-0.3, -0.25) is 4.79 Å². The van der Waals surface area contributed by atoms with Gasteiger partial charge in [0.25, 0.3) is 5.56 Å². The summed E-state index contributed by atoms with van der Waals surface area (Å²) in [6.07, 6.45) is 1.74. The molecule has 1 aliphatic rings. The number of aliphatic hydroxyl groups excluding tert-OH is 1. The Balaban J connectivity index is 1.96. The molecule has 2 aromatic rings. The van der Waals surface area contributed by atoms with Crippen LogP contribution in [0.15, 0.2) is 10.3 Å². The Morgan fingerprint density at radius 1 is 1.50 bits per heavy atom. The molecule has 3 rings (SSSR count).